The van der Waals surface area contributed by atoms with Gasteiger partial charge in [-0.1, -0.05) is 146 Å². The summed E-state index contributed by atoms with van der Waals surface area (Å²) in [5.74, 6) is 0. The number of hydrogen-bond donors (Lipinski definition) is 0. The van der Waals surface area contributed by atoms with Crippen LogP contribution in [0.3, 0.4) is 0 Å². The molecule has 0 spiro atoms. The van der Waals surface area contributed by atoms with Crippen molar-refractivity contribution in [2.24, 2.45) is 0 Å². The summed E-state index contributed by atoms with van der Waals surface area (Å²) in [6.07, 6.45) is 0. The van der Waals surface area contributed by atoms with Crippen molar-refractivity contribution in [2.75, 3.05) is 0 Å². The second kappa shape index (κ2) is 15.3. The summed E-state index contributed by atoms with van der Waals surface area (Å²) in [5.41, 5.74) is 10.9. The van der Waals surface area contributed by atoms with Gasteiger partial charge in [-0.2, -0.15) is 10.5 Å². The summed E-state index contributed by atoms with van der Waals surface area (Å²) in [7, 11) is 0. The predicted octanol–water partition coefficient (Wildman–Crippen LogP) is 18.6. The van der Waals surface area contributed by atoms with Crippen LogP contribution in [0.4, 0.5) is 0 Å². The van der Waals surface area contributed by atoms with Gasteiger partial charge >= 0.3 is 0 Å². The van der Waals surface area contributed by atoms with Crippen molar-refractivity contribution in [1.29, 1.82) is 10.5 Å². The Morgan fingerprint density at radius 1 is 0.237 bits per heavy atom. The zero-order chi connectivity index (χ0) is 49.9. The van der Waals surface area contributed by atoms with Gasteiger partial charge in [0.05, 0.1) is 66.9 Å². The highest BCUT2D eigenvalue weighted by atomic mass is 32.1. The van der Waals surface area contributed by atoms with Crippen molar-refractivity contribution in [3.05, 3.63) is 230 Å². The normalized spacial score (nSPS) is 12.2. The maximum atomic E-state index is 12.6. The van der Waals surface area contributed by atoms with Gasteiger partial charge in [-0.3, -0.25) is 0 Å². The van der Waals surface area contributed by atoms with E-state index in [-0.39, 0.29) is 0 Å². The number of hydrogen-bond acceptors (Lipinski definition) is 4. The highest BCUT2D eigenvalue weighted by molar-refractivity contribution is 7.26. The fourth-order valence-electron chi connectivity index (χ4n) is 13.0. The number of nitrogens with zero attached hydrogens (tertiary/aromatic N) is 6. The molecule has 0 aliphatic rings. The van der Waals surface area contributed by atoms with Crippen molar-refractivity contribution in [3.8, 4) is 34.9 Å². The predicted molar refractivity (Wildman–Crippen MR) is 319 cm³/mol. The number of nitriles is 2. The van der Waals surface area contributed by atoms with Gasteiger partial charge in [-0.25, -0.2) is 0 Å². The lowest BCUT2D eigenvalue weighted by Crippen LogP contribution is -2.16. The third-order valence-electron chi connectivity index (χ3n) is 16.0. The summed E-state index contributed by atoms with van der Waals surface area (Å²) >= 11 is 3.60. The average molecular weight is 1000 g/mol. The minimum absolute atomic E-state index is 0.383. The van der Waals surface area contributed by atoms with Crippen LogP contribution in [0.5, 0.6) is 0 Å². The van der Waals surface area contributed by atoms with Crippen molar-refractivity contribution in [3.63, 3.8) is 0 Å². The highest BCUT2D eigenvalue weighted by Crippen LogP contribution is 2.50. The van der Waals surface area contributed by atoms with E-state index in [1.807, 2.05) is 11.3 Å². The quantitative estimate of drug-likeness (QED) is 0.176. The molecule has 6 heterocycles. The Labute approximate surface area is 440 Å². The van der Waals surface area contributed by atoms with Gasteiger partial charge in [0.15, 0.2) is 0 Å². The van der Waals surface area contributed by atoms with Crippen LogP contribution in [0, 0.1) is 22.7 Å². The zero-order valence-electron chi connectivity index (χ0n) is 40.3. The number of para-hydroxylation sites is 6. The van der Waals surface area contributed by atoms with E-state index in [0.717, 1.165) is 104 Å². The second-order valence-electron chi connectivity index (χ2n) is 19.7. The molecule has 0 atom stereocenters. The standard InChI is InChI=1S/C68H36N6S2/c69-37-51-65(73-57-29-13-5-21-43(57)47-35-63-49(33-59(47)73)45-23-7-15-31-61(45)75-63)52(38-70)67(72-55-27-11-3-19-41(55)42-20-4-12-28-56(42)72)68(66(51)71-53-25-9-1-17-39(53)40-18-2-10-26-54(40)71)74-58-30-14-6-22-44(58)48-36-64-50(34-60(48)74)46-24-8-16-32-62(46)76-64/h1-36H. The van der Waals surface area contributed by atoms with Crippen LogP contribution in [-0.4, -0.2) is 18.3 Å². The first-order valence-corrected chi connectivity index (χ1v) is 27.0. The van der Waals surface area contributed by atoms with Gasteiger partial charge in [-0.15, -0.1) is 22.7 Å². The van der Waals surface area contributed by atoms with Crippen LogP contribution >= 0.6 is 22.7 Å². The summed E-state index contributed by atoms with van der Waals surface area (Å²) < 4.78 is 14.1. The first-order chi connectivity index (χ1) is 37.7. The number of benzene rings is 11. The van der Waals surface area contributed by atoms with E-state index in [0.29, 0.717) is 28.2 Å². The fraction of sp³-hybridized carbons (Fsp3) is 0. The molecular formula is C68H36N6S2. The van der Waals surface area contributed by atoms with Crippen LogP contribution in [0.1, 0.15) is 11.1 Å². The van der Waals surface area contributed by atoms with Crippen molar-refractivity contribution >= 4 is 150 Å². The first-order valence-electron chi connectivity index (χ1n) is 25.4. The monoisotopic (exact) mass is 1000 g/mol. The Bertz CT molecular complexity index is 5260. The summed E-state index contributed by atoms with van der Waals surface area (Å²) in [6, 6.07) is 83.6. The van der Waals surface area contributed by atoms with Crippen molar-refractivity contribution in [2.45, 2.75) is 0 Å². The maximum absolute atomic E-state index is 12.6. The zero-order valence-corrected chi connectivity index (χ0v) is 41.9. The molecule has 0 aliphatic carbocycles. The van der Waals surface area contributed by atoms with E-state index in [2.05, 4.69) is 249 Å². The van der Waals surface area contributed by atoms with Crippen LogP contribution in [0.15, 0.2) is 218 Å². The molecule has 17 rings (SSSR count). The van der Waals surface area contributed by atoms with E-state index < -0.39 is 0 Å². The van der Waals surface area contributed by atoms with E-state index in [1.54, 1.807) is 11.3 Å². The van der Waals surface area contributed by atoms with E-state index in [1.165, 1.54) is 29.6 Å². The summed E-state index contributed by atoms with van der Waals surface area (Å²) in [5, 5.41) is 38.4. The lowest BCUT2D eigenvalue weighted by atomic mass is 9.98. The molecule has 0 N–H and O–H groups in total. The van der Waals surface area contributed by atoms with Gasteiger partial charge in [0.25, 0.3) is 0 Å². The SMILES string of the molecule is N#Cc1c(-n2c3ccccc3c3cc4sc5ccccc5c4cc32)c(C#N)c(-n2c3ccccc3c3ccccc32)c(-n2c3ccccc3c3cc4sc5ccccc5c4cc32)c1-n1c2ccccc2c2ccccc21. The van der Waals surface area contributed by atoms with Crippen LogP contribution in [-0.2, 0) is 0 Å². The molecule has 0 radical (unpaired) electrons. The van der Waals surface area contributed by atoms with Gasteiger partial charge < -0.3 is 18.3 Å². The third kappa shape index (κ3) is 5.35. The number of rotatable bonds is 4. The average Bonchev–Trinajstić information content (AvgIpc) is 4.46. The van der Waals surface area contributed by atoms with Gasteiger partial charge in [-0.05, 0) is 72.8 Å². The number of fused-ring (bicyclic) bond motifs is 18. The fourth-order valence-corrected chi connectivity index (χ4v) is 15.2. The molecule has 0 fully saturated rings. The molecule has 0 unspecified atom stereocenters. The molecule has 350 valence electrons. The number of thiophene rings is 2. The topological polar surface area (TPSA) is 67.3 Å². The minimum Gasteiger partial charge on any atom is -0.306 e. The number of aromatic nitrogens is 4. The first kappa shape index (κ1) is 41.5. The van der Waals surface area contributed by atoms with E-state index in [9.17, 15) is 10.5 Å². The van der Waals surface area contributed by atoms with Crippen LogP contribution in [0.25, 0.3) is 150 Å². The molecule has 76 heavy (non-hydrogen) atoms. The molecule has 0 amide bonds. The van der Waals surface area contributed by atoms with E-state index >= 15 is 0 Å². The Morgan fingerprint density at radius 3 is 0.855 bits per heavy atom. The lowest BCUT2D eigenvalue weighted by Gasteiger charge is -2.27. The molecule has 0 saturated carbocycles. The van der Waals surface area contributed by atoms with Gasteiger partial charge in [0.2, 0.25) is 0 Å². The van der Waals surface area contributed by atoms with Crippen LogP contribution < -0.4 is 0 Å². The van der Waals surface area contributed by atoms with Crippen molar-refractivity contribution < 1.29 is 0 Å². The molecule has 0 saturated heterocycles. The maximum Gasteiger partial charge on any atom is 0.104 e. The van der Waals surface area contributed by atoms with E-state index in [4.69, 9.17) is 0 Å². The molecular weight excluding hydrogens is 965 g/mol. The van der Waals surface area contributed by atoms with Gasteiger partial charge in [0.1, 0.15) is 23.3 Å². The largest absolute Gasteiger partial charge is 0.306 e. The molecule has 0 aliphatic heterocycles. The Kier molecular flexibility index (Phi) is 8.36. The molecule has 6 nitrogen and oxygen atoms in total. The second-order valence-corrected chi connectivity index (χ2v) is 21.9. The summed E-state index contributed by atoms with van der Waals surface area (Å²) in [6.45, 7) is 0. The minimum atomic E-state index is 0.383. The lowest BCUT2D eigenvalue weighted by molar-refractivity contribution is 1.02. The molecule has 17 aromatic rings. The molecule has 6 aromatic heterocycles. The molecule has 11 aromatic carbocycles. The Balaban J connectivity index is 1.19. The highest BCUT2D eigenvalue weighted by Gasteiger charge is 2.35. The van der Waals surface area contributed by atoms with Crippen LogP contribution in [0.2, 0.25) is 0 Å². The molecule has 8 heteroatoms. The third-order valence-corrected chi connectivity index (χ3v) is 18.3. The Hall–Kier alpha value is -9.96. The Morgan fingerprint density at radius 2 is 0.513 bits per heavy atom. The molecule has 0 bridgehead atoms. The smallest absolute Gasteiger partial charge is 0.104 e. The van der Waals surface area contributed by atoms with Gasteiger partial charge in [0, 0.05) is 83.4 Å². The summed E-state index contributed by atoms with van der Waals surface area (Å²) in [4.78, 5) is 0. The van der Waals surface area contributed by atoms with Crippen molar-refractivity contribution in [1.82, 2.24) is 18.3 Å².